The molecule has 5 nitrogen and oxygen atoms in total. The van der Waals surface area contributed by atoms with E-state index >= 15 is 0 Å². The molecule has 6 heteroatoms. The zero-order chi connectivity index (χ0) is 14.4. The van der Waals surface area contributed by atoms with Crippen molar-refractivity contribution in [2.24, 2.45) is 0 Å². The summed E-state index contributed by atoms with van der Waals surface area (Å²) in [5.74, 6) is -0.681. The lowest BCUT2D eigenvalue weighted by atomic mass is 10.2. The first-order chi connectivity index (χ1) is 9.70. The molecule has 20 heavy (non-hydrogen) atoms. The summed E-state index contributed by atoms with van der Waals surface area (Å²) in [5.41, 5.74) is 1.19. The maximum atomic E-state index is 11.9. The van der Waals surface area contributed by atoms with Crippen LogP contribution in [0.2, 0.25) is 0 Å². The van der Waals surface area contributed by atoms with E-state index in [-0.39, 0.29) is 28.9 Å². The standard InChI is InChI=1S/C14H11N3O2S/c1-15-8-12(18)14-17-11(9-20-14)13(19)16-7-10-5-3-2-4-6-10/h2-6,9H,7-8H2,(H,16,19). The monoisotopic (exact) mass is 285 g/mol. The number of ketones is 1. The molecule has 100 valence electrons. The SMILES string of the molecule is [C-]#[N+]CC(=O)c1nc(C(=O)NCc2ccccc2)cs1. The van der Waals surface area contributed by atoms with Crippen LogP contribution in [0.25, 0.3) is 4.85 Å². The molecule has 0 aliphatic heterocycles. The van der Waals surface area contributed by atoms with E-state index in [1.807, 2.05) is 30.3 Å². The van der Waals surface area contributed by atoms with Gasteiger partial charge in [0.2, 0.25) is 0 Å². The van der Waals surface area contributed by atoms with Crippen LogP contribution in [0.4, 0.5) is 0 Å². The first kappa shape index (κ1) is 13.9. The number of hydrogen-bond acceptors (Lipinski definition) is 4. The Balaban J connectivity index is 1.97. The van der Waals surface area contributed by atoms with Gasteiger partial charge in [-0.3, -0.25) is 9.59 Å². The summed E-state index contributed by atoms with van der Waals surface area (Å²) in [6.07, 6.45) is 0. The van der Waals surface area contributed by atoms with Crippen molar-refractivity contribution in [3.05, 3.63) is 63.4 Å². The molecule has 0 bridgehead atoms. The fraction of sp³-hybridized carbons (Fsp3) is 0.143. The van der Waals surface area contributed by atoms with Gasteiger partial charge in [0.25, 0.3) is 18.2 Å². The maximum Gasteiger partial charge on any atom is 0.279 e. The van der Waals surface area contributed by atoms with E-state index in [1.165, 1.54) is 5.38 Å². The van der Waals surface area contributed by atoms with Gasteiger partial charge < -0.3 is 10.2 Å². The van der Waals surface area contributed by atoms with E-state index < -0.39 is 0 Å². The summed E-state index contributed by atoms with van der Waals surface area (Å²) < 4.78 is 0. The lowest BCUT2D eigenvalue weighted by molar-refractivity contribution is 0.0946. The Morgan fingerprint density at radius 2 is 2.05 bits per heavy atom. The van der Waals surface area contributed by atoms with Gasteiger partial charge in [0.1, 0.15) is 5.69 Å². The van der Waals surface area contributed by atoms with Gasteiger partial charge in [-0.2, -0.15) is 0 Å². The number of nitrogens with zero attached hydrogens (tertiary/aromatic N) is 2. The number of benzene rings is 1. The topological polar surface area (TPSA) is 63.4 Å². The maximum absolute atomic E-state index is 11.9. The van der Waals surface area contributed by atoms with E-state index in [0.717, 1.165) is 16.9 Å². The lowest BCUT2D eigenvalue weighted by Gasteiger charge is -2.02. The van der Waals surface area contributed by atoms with Crippen LogP contribution in [0, 0.1) is 6.57 Å². The van der Waals surface area contributed by atoms with Crippen molar-refractivity contribution in [3.63, 3.8) is 0 Å². The first-order valence-electron chi connectivity index (χ1n) is 5.85. The molecule has 2 rings (SSSR count). The first-order valence-corrected chi connectivity index (χ1v) is 6.72. The fourth-order valence-corrected chi connectivity index (χ4v) is 2.24. The van der Waals surface area contributed by atoms with E-state index in [1.54, 1.807) is 0 Å². The number of amides is 1. The highest BCUT2D eigenvalue weighted by Crippen LogP contribution is 2.11. The van der Waals surface area contributed by atoms with E-state index in [2.05, 4.69) is 15.1 Å². The Kier molecular flexibility index (Phi) is 4.58. The molecule has 1 N–H and O–H groups in total. The van der Waals surface area contributed by atoms with Crippen LogP contribution in [0.3, 0.4) is 0 Å². The molecule has 0 aliphatic carbocycles. The summed E-state index contributed by atoms with van der Waals surface area (Å²) in [5, 5.41) is 4.46. The van der Waals surface area contributed by atoms with Crippen molar-refractivity contribution < 1.29 is 9.59 Å². The molecule has 1 amide bonds. The van der Waals surface area contributed by atoms with Crippen LogP contribution in [0.15, 0.2) is 35.7 Å². The summed E-state index contributed by atoms with van der Waals surface area (Å²) >= 11 is 1.08. The van der Waals surface area contributed by atoms with Gasteiger partial charge in [0.15, 0.2) is 5.01 Å². The lowest BCUT2D eigenvalue weighted by Crippen LogP contribution is -2.23. The second-order valence-corrected chi connectivity index (χ2v) is 4.80. The molecule has 0 spiro atoms. The predicted octanol–water partition coefficient (Wildman–Crippen LogP) is 2.18. The number of Topliss-reactive ketones (excluding diaryl/α,β-unsaturated/α-hetero) is 1. The molecule has 0 fully saturated rings. The van der Waals surface area contributed by atoms with Gasteiger partial charge in [-0.05, 0) is 5.56 Å². The second-order valence-electron chi connectivity index (χ2n) is 3.95. The highest BCUT2D eigenvalue weighted by Gasteiger charge is 2.16. The number of rotatable bonds is 5. The number of thiazole rings is 1. The molecule has 0 unspecified atom stereocenters. The summed E-state index contributed by atoms with van der Waals surface area (Å²) in [6.45, 7) is 6.80. The average Bonchev–Trinajstić information content (AvgIpc) is 2.96. The third-order valence-corrected chi connectivity index (χ3v) is 3.38. The van der Waals surface area contributed by atoms with Crippen molar-refractivity contribution in [2.75, 3.05) is 6.54 Å². The number of aromatic nitrogens is 1. The Morgan fingerprint density at radius 1 is 1.30 bits per heavy atom. The van der Waals surface area contributed by atoms with E-state index in [0.29, 0.717) is 6.54 Å². The average molecular weight is 285 g/mol. The smallest absolute Gasteiger partial charge is 0.279 e. The fourth-order valence-electron chi connectivity index (χ4n) is 1.51. The second kappa shape index (κ2) is 6.59. The van der Waals surface area contributed by atoms with Crippen molar-refractivity contribution >= 4 is 23.0 Å². The van der Waals surface area contributed by atoms with Gasteiger partial charge in [0, 0.05) is 11.9 Å². The molecular weight excluding hydrogens is 274 g/mol. The Bertz CT molecular complexity index is 659. The van der Waals surface area contributed by atoms with Crippen LogP contribution in [-0.2, 0) is 6.54 Å². The minimum absolute atomic E-state index is 0.200. The molecule has 0 atom stereocenters. The van der Waals surface area contributed by atoms with Crippen LogP contribution in [-0.4, -0.2) is 23.2 Å². The molecule has 1 aromatic carbocycles. The van der Waals surface area contributed by atoms with Gasteiger partial charge >= 0.3 is 0 Å². The molecule has 0 saturated carbocycles. The molecule has 0 aliphatic rings. The Morgan fingerprint density at radius 3 is 2.75 bits per heavy atom. The predicted molar refractivity (Wildman–Crippen MR) is 75.5 cm³/mol. The van der Waals surface area contributed by atoms with Crippen LogP contribution < -0.4 is 5.32 Å². The largest absolute Gasteiger partial charge is 0.347 e. The molecule has 0 radical (unpaired) electrons. The third-order valence-electron chi connectivity index (χ3n) is 2.49. The van der Waals surface area contributed by atoms with Crippen LogP contribution in [0.1, 0.15) is 25.9 Å². The summed E-state index contributed by atoms with van der Waals surface area (Å²) in [7, 11) is 0. The molecular formula is C14H11N3O2S. The van der Waals surface area contributed by atoms with E-state index in [9.17, 15) is 9.59 Å². The molecule has 0 saturated heterocycles. The van der Waals surface area contributed by atoms with Crippen LogP contribution in [0.5, 0.6) is 0 Å². The van der Waals surface area contributed by atoms with Crippen molar-refractivity contribution in [1.29, 1.82) is 0 Å². The zero-order valence-electron chi connectivity index (χ0n) is 10.5. The Hall–Kier alpha value is -2.52. The third kappa shape index (κ3) is 3.49. The number of carbonyl (C=O) groups is 2. The van der Waals surface area contributed by atoms with Gasteiger partial charge in [-0.15, -0.1) is 11.3 Å². The van der Waals surface area contributed by atoms with Crippen LogP contribution >= 0.6 is 11.3 Å². The quantitative estimate of drug-likeness (QED) is 0.676. The molecule has 1 heterocycles. The number of hydrogen-bond donors (Lipinski definition) is 1. The highest BCUT2D eigenvalue weighted by molar-refractivity contribution is 7.12. The number of nitrogens with one attached hydrogen (secondary N) is 1. The van der Waals surface area contributed by atoms with Gasteiger partial charge in [0.05, 0.1) is 0 Å². The Labute approximate surface area is 120 Å². The molecule has 1 aromatic heterocycles. The van der Waals surface area contributed by atoms with E-state index in [4.69, 9.17) is 6.57 Å². The summed E-state index contributed by atoms with van der Waals surface area (Å²) in [4.78, 5) is 30.3. The van der Waals surface area contributed by atoms with Gasteiger partial charge in [-0.1, -0.05) is 30.3 Å². The van der Waals surface area contributed by atoms with Gasteiger partial charge in [-0.25, -0.2) is 11.6 Å². The van der Waals surface area contributed by atoms with Crippen molar-refractivity contribution in [1.82, 2.24) is 10.3 Å². The minimum Gasteiger partial charge on any atom is -0.347 e. The van der Waals surface area contributed by atoms with Crippen molar-refractivity contribution in [2.45, 2.75) is 6.54 Å². The van der Waals surface area contributed by atoms with Crippen molar-refractivity contribution in [3.8, 4) is 0 Å². The highest BCUT2D eigenvalue weighted by atomic mass is 32.1. The summed E-state index contributed by atoms with van der Waals surface area (Å²) in [6, 6.07) is 9.51. The number of carbonyl (C=O) groups excluding carboxylic acids is 2. The zero-order valence-corrected chi connectivity index (χ0v) is 11.3. The minimum atomic E-state index is -0.355. The molecule has 2 aromatic rings. The normalized spacial score (nSPS) is 9.75.